The van der Waals surface area contributed by atoms with E-state index in [2.05, 4.69) is 29.4 Å². The second kappa shape index (κ2) is 7.79. The summed E-state index contributed by atoms with van der Waals surface area (Å²) in [7, 11) is 0. The topological polar surface area (TPSA) is 46.9 Å². The van der Waals surface area contributed by atoms with Crippen molar-refractivity contribution < 1.29 is 4.79 Å². The Bertz CT molecular complexity index is 795. The second-order valence-electron chi connectivity index (χ2n) is 6.37. The molecule has 1 N–H and O–H groups in total. The highest BCUT2D eigenvalue weighted by Crippen LogP contribution is 2.20. The van der Waals surface area contributed by atoms with E-state index in [1.54, 1.807) is 12.5 Å². The summed E-state index contributed by atoms with van der Waals surface area (Å²) in [6, 6.07) is 18.3. The Morgan fingerprint density at radius 1 is 1.04 bits per heavy atom. The third kappa shape index (κ3) is 4.35. The maximum absolute atomic E-state index is 12.3. The van der Waals surface area contributed by atoms with Crippen molar-refractivity contribution in [3.05, 3.63) is 84.4 Å². The molecule has 0 saturated heterocycles. The molecule has 1 amide bonds. The summed E-state index contributed by atoms with van der Waals surface area (Å²) >= 11 is 0. The molecule has 0 fully saturated rings. The van der Waals surface area contributed by atoms with Crippen LogP contribution in [0.3, 0.4) is 0 Å². The van der Waals surface area contributed by atoms with Crippen molar-refractivity contribution >= 4 is 5.91 Å². The van der Waals surface area contributed by atoms with Crippen molar-refractivity contribution in [2.45, 2.75) is 32.2 Å². The normalized spacial score (nSPS) is 13.2. The number of hydrogen-bond acceptors (Lipinski definition) is 2. The quantitative estimate of drug-likeness (QED) is 0.733. The minimum absolute atomic E-state index is 0.0210. The highest BCUT2D eigenvalue weighted by Gasteiger charge is 2.14. The van der Waals surface area contributed by atoms with Crippen LogP contribution in [0.15, 0.2) is 73.3 Å². The predicted octanol–water partition coefficient (Wildman–Crippen LogP) is 4.24. The molecule has 0 aliphatic heterocycles. The zero-order valence-corrected chi connectivity index (χ0v) is 14.6. The van der Waals surface area contributed by atoms with Crippen LogP contribution < -0.4 is 5.32 Å². The molecular formula is C21H23N3O. The van der Waals surface area contributed by atoms with Crippen LogP contribution in [0.4, 0.5) is 0 Å². The monoisotopic (exact) mass is 333 g/mol. The Labute approximate surface area is 148 Å². The summed E-state index contributed by atoms with van der Waals surface area (Å²) in [5.74, 6) is 0.277. The lowest BCUT2D eigenvalue weighted by Gasteiger charge is -2.17. The molecule has 3 aromatic rings. The largest absolute Gasteiger partial charge is 0.350 e. The summed E-state index contributed by atoms with van der Waals surface area (Å²) in [5.41, 5.74) is 3.33. The maximum Gasteiger partial charge on any atom is 0.221 e. The van der Waals surface area contributed by atoms with Gasteiger partial charge in [0.2, 0.25) is 5.91 Å². The van der Waals surface area contributed by atoms with E-state index in [9.17, 15) is 4.79 Å². The third-order valence-corrected chi connectivity index (χ3v) is 4.43. The number of benzene rings is 2. The van der Waals surface area contributed by atoms with Crippen LogP contribution in [0.1, 0.15) is 43.4 Å². The average Bonchev–Trinajstić information content (AvgIpc) is 3.17. The second-order valence-corrected chi connectivity index (χ2v) is 6.37. The van der Waals surface area contributed by atoms with Crippen LogP contribution in [0.25, 0.3) is 5.69 Å². The van der Waals surface area contributed by atoms with Gasteiger partial charge in [0.25, 0.3) is 0 Å². The van der Waals surface area contributed by atoms with Gasteiger partial charge in [-0.15, -0.1) is 0 Å². The van der Waals surface area contributed by atoms with Gasteiger partial charge in [-0.3, -0.25) is 4.79 Å². The van der Waals surface area contributed by atoms with Crippen molar-refractivity contribution in [1.82, 2.24) is 14.9 Å². The summed E-state index contributed by atoms with van der Waals surface area (Å²) in [5, 5.41) is 3.09. The van der Waals surface area contributed by atoms with E-state index in [0.29, 0.717) is 6.42 Å². The van der Waals surface area contributed by atoms with Crippen LogP contribution in [-0.4, -0.2) is 15.5 Å². The van der Waals surface area contributed by atoms with E-state index < -0.39 is 0 Å². The van der Waals surface area contributed by atoms with Gasteiger partial charge in [0.15, 0.2) is 0 Å². The zero-order valence-electron chi connectivity index (χ0n) is 14.6. The highest BCUT2D eigenvalue weighted by atomic mass is 16.1. The van der Waals surface area contributed by atoms with Crippen LogP contribution >= 0.6 is 0 Å². The lowest BCUT2D eigenvalue weighted by molar-refractivity contribution is -0.122. The molecule has 128 valence electrons. The molecule has 0 saturated carbocycles. The maximum atomic E-state index is 12.3. The van der Waals surface area contributed by atoms with Crippen molar-refractivity contribution in [2.24, 2.45) is 0 Å². The fourth-order valence-corrected chi connectivity index (χ4v) is 2.91. The van der Waals surface area contributed by atoms with Gasteiger partial charge in [0.1, 0.15) is 0 Å². The Morgan fingerprint density at radius 3 is 2.40 bits per heavy atom. The number of aromatic nitrogens is 2. The molecule has 0 radical (unpaired) electrons. The van der Waals surface area contributed by atoms with E-state index >= 15 is 0 Å². The SMILES string of the molecule is C[C@H](CC(=O)N[C@H](C)c1ccc(-n2ccnc2)cc1)c1ccccc1. The van der Waals surface area contributed by atoms with Gasteiger partial charge in [-0.05, 0) is 36.1 Å². The fraction of sp³-hybridized carbons (Fsp3) is 0.238. The van der Waals surface area contributed by atoms with E-state index in [4.69, 9.17) is 0 Å². The minimum atomic E-state index is -0.0210. The summed E-state index contributed by atoms with van der Waals surface area (Å²) in [6.07, 6.45) is 5.92. The smallest absolute Gasteiger partial charge is 0.221 e. The Morgan fingerprint density at radius 2 is 1.76 bits per heavy atom. The first-order valence-corrected chi connectivity index (χ1v) is 8.56. The first-order valence-electron chi connectivity index (χ1n) is 8.56. The number of nitrogens with zero attached hydrogens (tertiary/aromatic N) is 2. The fourth-order valence-electron chi connectivity index (χ4n) is 2.91. The Balaban J connectivity index is 1.58. The van der Waals surface area contributed by atoms with Crippen molar-refractivity contribution in [2.75, 3.05) is 0 Å². The first kappa shape index (κ1) is 17.0. The van der Waals surface area contributed by atoms with Crippen LogP contribution in [0.5, 0.6) is 0 Å². The van der Waals surface area contributed by atoms with E-state index in [1.807, 2.05) is 60.2 Å². The zero-order chi connectivity index (χ0) is 17.6. The van der Waals surface area contributed by atoms with Gasteiger partial charge in [0.05, 0.1) is 12.4 Å². The number of amides is 1. The molecule has 25 heavy (non-hydrogen) atoms. The Hall–Kier alpha value is -2.88. The van der Waals surface area contributed by atoms with Crippen molar-refractivity contribution in [3.8, 4) is 5.69 Å². The Kier molecular flexibility index (Phi) is 5.29. The van der Waals surface area contributed by atoms with Crippen molar-refractivity contribution in [1.29, 1.82) is 0 Å². The minimum Gasteiger partial charge on any atom is -0.350 e. The number of carbonyl (C=O) groups excluding carboxylic acids is 1. The molecule has 2 aromatic carbocycles. The van der Waals surface area contributed by atoms with Gasteiger partial charge < -0.3 is 9.88 Å². The molecule has 2 atom stereocenters. The van der Waals surface area contributed by atoms with E-state index in [0.717, 1.165) is 11.3 Å². The van der Waals surface area contributed by atoms with Crippen LogP contribution in [0, 0.1) is 0 Å². The highest BCUT2D eigenvalue weighted by molar-refractivity contribution is 5.77. The predicted molar refractivity (Wildman–Crippen MR) is 99.6 cm³/mol. The van der Waals surface area contributed by atoms with E-state index in [1.165, 1.54) is 5.56 Å². The molecule has 0 unspecified atom stereocenters. The molecule has 1 heterocycles. The summed E-state index contributed by atoms with van der Waals surface area (Å²) < 4.78 is 1.95. The van der Waals surface area contributed by atoms with Gasteiger partial charge in [-0.25, -0.2) is 4.98 Å². The number of imidazole rings is 1. The molecule has 0 bridgehead atoms. The number of rotatable bonds is 6. The van der Waals surface area contributed by atoms with Crippen LogP contribution in [0.2, 0.25) is 0 Å². The third-order valence-electron chi connectivity index (χ3n) is 4.43. The van der Waals surface area contributed by atoms with Gasteiger partial charge in [0, 0.05) is 24.5 Å². The molecule has 0 aliphatic rings. The summed E-state index contributed by atoms with van der Waals surface area (Å²) in [4.78, 5) is 16.4. The first-order chi connectivity index (χ1) is 12.1. The number of nitrogens with one attached hydrogen (secondary N) is 1. The van der Waals surface area contributed by atoms with Crippen molar-refractivity contribution in [3.63, 3.8) is 0 Å². The molecule has 0 spiro atoms. The van der Waals surface area contributed by atoms with Gasteiger partial charge >= 0.3 is 0 Å². The number of hydrogen-bond donors (Lipinski definition) is 1. The number of carbonyl (C=O) groups is 1. The molecule has 3 rings (SSSR count). The lowest BCUT2D eigenvalue weighted by atomic mass is 9.97. The molecule has 0 aliphatic carbocycles. The average molecular weight is 333 g/mol. The summed E-state index contributed by atoms with van der Waals surface area (Å²) in [6.45, 7) is 4.09. The van der Waals surface area contributed by atoms with Gasteiger partial charge in [-0.2, -0.15) is 0 Å². The van der Waals surface area contributed by atoms with Gasteiger partial charge in [-0.1, -0.05) is 49.4 Å². The van der Waals surface area contributed by atoms with E-state index in [-0.39, 0.29) is 17.9 Å². The molecule has 4 heteroatoms. The molecule has 4 nitrogen and oxygen atoms in total. The lowest BCUT2D eigenvalue weighted by Crippen LogP contribution is -2.27. The molecule has 1 aromatic heterocycles. The molecular weight excluding hydrogens is 310 g/mol. The standard InChI is InChI=1S/C21H23N3O/c1-16(18-6-4-3-5-7-18)14-21(25)23-17(2)19-8-10-20(11-9-19)24-13-12-22-15-24/h3-13,15-17H,14H2,1-2H3,(H,23,25)/t16-,17-/m1/s1. The van der Waals surface area contributed by atoms with Crippen LogP contribution in [-0.2, 0) is 4.79 Å².